The predicted molar refractivity (Wildman–Crippen MR) is 123 cm³/mol. The van der Waals surface area contributed by atoms with E-state index in [0.717, 1.165) is 0 Å². The van der Waals surface area contributed by atoms with Crippen molar-refractivity contribution in [3.8, 4) is 0 Å². The molecule has 0 radical (unpaired) electrons. The molecule has 8 atom stereocenters. The Hall–Kier alpha value is -1.38. The number of nitrogens with zero attached hydrogens (tertiary/aromatic N) is 2. The van der Waals surface area contributed by atoms with Crippen molar-refractivity contribution in [2.24, 2.45) is 23.7 Å². The molecule has 0 spiro atoms. The van der Waals surface area contributed by atoms with E-state index in [1.54, 1.807) is 4.90 Å². The van der Waals surface area contributed by atoms with Gasteiger partial charge >= 0.3 is 5.97 Å². The number of aliphatic carboxylic acids is 1. The van der Waals surface area contributed by atoms with Crippen molar-refractivity contribution in [3.63, 3.8) is 0 Å². The van der Waals surface area contributed by atoms with Gasteiger partial charge in [-0.05, 0) is 13.8 Å². The average Bonchev–Trinajstić information content (AvgIpc) is 2.81. The van der Waals surface area contributed by atoms with Crippen LogP contribution in [0.25, 0.3) is 0 Å². The molecule has 0 aliphatic carbocycles. The molecule has 2 rings (SSSR count). The fourth-order valence-corrected chi connectivity index (χ4v) is 5.08. The second-order valence-electron chi connectivity index (χ2n) is 9.69. The van der Waals surface area contributed by atoms with Crippen molar-refractivity contribution in [3.05, 3.63) is 0 Å². The number of piperidine rings is 2. The number of carboxylic acids is 1. The number of carbonyl (C=O) groups is 2. The SMILES string of the molecule is CC1NCC(CO)C(CN(CCN(CC(=O)O)CC2C(CO)CNC(C)C2O)COC=O)C1O. The molecule has 7 N–H and O–H groups in total. The summed E-state index contributed by atoms with van der Waals surface area (Å²) >= 11 is 0. The Balaban J connectivity index is 2.08. The minimum Gasteiger partial charge on any atom is -0.480 e. The van der Waals surface area contributed by atoms with E-state index in [2.05, 4.69) is 10.6 Å². The predicted octanol–water partition coefficient (Wildman–Crippen LogP) is -3.04. The monoisotopic (exact) mass is 490 g/mol. The van der Waals surface area contributed by atoms with Gasteiger partial charge in [0.05, 0.1) is 18.8 Å². The van der Waals surface area contributed by atoms with Gasteiger partial charge in [-0.15, -0.1) is 0 Å². The summed E-state index contributed by atoms with van der Waals surface area (Å²) in [5.74, 6) is -1.93. The molecule has 2 saturated heterocycles. The molecule has 2 aliphatic heterocycles. The highest BCUT2D eigenvalue weighted by Gasteiger charge is 2.38. The van der Waals surface area contributed by atoms with E-state index < -0.39 is 18.2 Å². The summed E-state index contributed by atoms with van der Waals surface area (Å²) in [5, 5.41) is 56.6. The van der Waals surface area contributed by atoms with Gasteiger partial charge in [0.1, 0.15) is 6.73 Å². The molecule has 34 heavy (non-hydrogen) atoms. The van der Waals surface area contributed by atoms with Crippen molar-refractivity contribution in [1.82, 2.24) is 20.4 Å². The summed E-state index contributed by atoms with van der Waals surface area (Å²) in [6.45, 7) is 6.00. The highest BCUT2D eigenvalue weighted by molar-refractivity contribution is 5.69. The number of hydrogen-bond acceptors (Lipinski definition) is 11. The molecule has 12 heteroatoms. The van der Waals surface area contributed by atoms with Gasteiger partial charge in [-0.1, -0.05) is 0 Å². The van der Waals surface area contributed by atoms with Gasteiger partial charge in [0.15, 0.2) is 0 Å². The zero-order valence-corrected chi connectivity index (χ0v) is 20.1. The first-order valence-corrected chi connectivity index (χ1v) is 12.0. The molecule has 2 fully saturated rings. The van der Waals surface area contributed by atoms with Crippen LogP contribution in [0.5, 0.6) is 0 Å². The summed E-state index contributed by atoms with van der Waals surface area (Å²) in [6, 6.07) is -0.320. The lowest BCUT2D eigenvalue weighted by molar-refractivity contribution is -0.139. The first-order chi connectivity index (χ1) is 16.2. The molecule has 0 aromatic carbocycles. The molecule has 0 aromatic rings. The van der Waals surface area contributed by atoms with E-state index in [1.807, 2.05) is 18.7 Å². The quantitative estimate of drug-likeness (QED) is 0.0970. The van der Waals surface area contributed by atoms with E-state index in [4.69, 9.17) is 4.74 Å². The molecule has 0 amide bonds. The van der Waals surface area contributed by atoms with Gasteiger partial charge in [0.2, 0.25) is 0 Å². The molecule has 0 aromatic heterocycles. The Bertz CT molecular complexity index is 626. The molecule has 2 aliphatic rings. The Kier molecular flexibility index (Phi) is 12.1. The largest absolute Gasteiger partial charge is 0.480 e. The lowest BCUT2D eigenvalue weighted by Crippen LogP contribution is -2.58. The van der Waals surface area contributed by atoms with Crippen LogP contribution >= 0.6 is 0 Å². The maximum absolute atomic E-state index is 11.5. The van der Waals surface area contributed by atoms with E-state index in [1.165, 1.54) is 0 Å². The first-order valence-electron chi connectivity index (χ1n) is 12.0. The lowest BCUT2D eigenvalue weighted by Gasteiger charge is -2.42. The van der Waals surface area contributed by atoms with Crippen LogP contribution in [0.15, 0.2) is 0 Å². The van der Waals surface area contributed by atoms with Crippen LogP contribution in [0.3, 0.4) is 0 Å². The van der Waals surface area contributed by atoms with Crippen LogP contribution in [-0.2, 0) is 14.3 Å². The third-order valence-electron chi connectivity index (χ3n) is 7.34. The number of nitrogens with one attached hydrogen (secondary N) is 2. The second kappa shape index (κ2) is 14.2. The Morgan fingerprint density at radius 2 is 1.41 bits per heavy atom. The van der Waals surface area contributed by atoms with E-state index in [0.29, 0.717) is 45.7 Å². The average molecular weight is 491 g/mol. The number of rotatable bonds is 14. The molecular formula is C22H42N4O8. The Labute approximate surface area is 200 Å². The van der Waals surface area contributed by atoms with Crippen LogP contribution in [0.2, 0.25) is 0 Å². The molecule has 0 bridgehead atoms. The Morgan fingerprint density at radius 3 is 1.85 bits per heavy atom. The van der Waals surface area contributed by atoms with Gasteiger partial charge in [0, 0.05) is 88.2 Å². The van der Waals surface area contributed by atoms with Crippen molar-refractivity contribution in [2.45, 2.75) is 38.1 Å². The third kappa shape index (κ3) is 8.09. The van der Waals surface area contributed by atoms with Gasteiger partial charge in [-0.3, -0.25) is 19.4 Å². The molecule has 198 valence electrons. The number of aliphatic hydroxyl groups excluding tert-OH is 4. The van der Waals surface area contributed by atoms with Crippen LogP contribution in [-0.4, -0.2) is 138 Å². The molecule has 8 unspecified atom stereocenters. The van der Waals surface area contributed by atoms with E-state index in [9.17, 15) is 35.1 Å². The smallest absolute Gasteiger partial charge is 0.317 e. The van der Waals surface area contributed by atoms with Gasteiger partial charge in [-0.2, -0.15) is 0 Å². The maximum Gasteiger partial charge on any atom is 0.317 e. The first kappa shape index (κ1) is 28.9. The molecule has 2 heterocycles. The van der Waals surface area contributed by atoms with Crippen LogP contribution in [0.1, 0.15) is 13.8 Å². The highest BCUT2D eigenvalue weighted by Crippen LogP contribution is 2.25. The van der Waals surface area contributed by atoms with Crippen molar-refractivity contribution in [1.29, 1.82) is 0 Å². The van der Waals surface area contributed by atoms with Crippen molar-refractivity contribution >= 4 is 12.4 Å². The van der Waals surface area contributed by atoms with E-state index in [-0.39, 0.29) is 62.2 Å². The number of hydrogen-bond donors (Lipinski definition) is 7. The number of ether oxygens (including phenoxy) is 1. The maximum atomic E-state index is 11.5. The molecule has 12 nitrogen and oxygen atoms in total. The second-order valence-corrected chi connectivity index (χ2v) is 9.69. The zero-order chi connectivity index (χ0) is 25.3. The minimum atomic E-state index is -1.00. The van der Waals surface area contributed by atoms with Crippen molar-refractivity contribution in [2.75, 3.05) is 65.8 Å². The topological polar surface area (TPSA) is 175 Å². The Morgan fingerprint density at radius 1 is 0.941 bits per heavy atom. The number of aliphatic hydroxyl groups is 4. The van der Waals surface area contributed by atoms with Crippen LogP contribution in [0.4, 0.5) is 0 Å². The highest BCUT2D eigenvalue weighted by atomic mass is 16.5. The van der Waals surface area contributed by atoms with Crippen LogP contribution in [0, 0.1) is 23.7 Å². The summed E-state index contributed by atoms with van der Waals surface area (Å²) in [5.41, 5.74) is 0. The fraction of sp³-hybridized carbons (Fsp3) is 0.909. The van der Waals surface area contributed by atoms with E-state index >= 15 is 0 Å². The van der Waals surface area contributed by atoms with Crippen molar-refractivity contribution < 1.29 is 39.9 Å². The van der Waals surface area contributed by atoms with Gasteiger partial charge in [-0.25, -0.2) is 0 Å². The minimum absolute atomic E-state index is 0.0279. The standard InChI is InChI=1S/C22H42N4O8/c1-14-21(32)18(16(10-27)5-23-14)7-25(9-20(30)31)3-4-26(12-34-13-29)8-19-17(11-28)6-24-15(2)22(19)33/h13-19,21-24,27-28,32-33H,3-12H2,1-2H3,(H,30,31). The zero-order valence-electron chi connectivity index (χ0n) is 20.1. The van der Waals surface area contributed by atoms with Crippen LogP contribution < -0.4 is 10.6 Å². The fourth-order valence-electron chi connectivity index (χ4n) is 5.08. The summed E-state index contributed by atoms with van der Waals surface area (Å²) < 4.78 is 4.97. The molecular weight excluding hydrogens is 448 g/mol. The normalized spacial score (nSPS) is 34.4. The summed E-state index contributed by atoms with van der Waals surface area (Å²) in [4.78, 5) is 25.9. The van der Waals surface area contributed by atoms with Gasteiger partial charge < -0.3 is 40.9 Å². The summed E-state index contributed by atoms with van der Waals surface area (Å²) in [7, 11) is 0. The molecule has 0 saturated carbocycles. The van der Waals surface area contributed by atoms with Gasteiger partial charge in [0.25, 0.3) is 6.47 Å². The lowest BCUT2D eigenvalue weighted by atomic mass is 9.81. The third-order valence-corrected chi connectivity index (χ3v) is 7.34. The number of carbonyl (C=O) groups excluding carboxylic acids is 1. The summed E-state index contributed by atoms with van der Waals surface area (Å²) in [6.07, 6.45) is -1.43. The number of carboxylic acid groups (broad SMARTS) is 1.